The van der Waals surface area contributed by atoms with Gasteiger partial charge in [-0.1, -0.05) is 31.9 Å². The number of benzene rings is 1. The summed E-state index contributed by atoms with van der Waals surface area (Å²) < 4.78 is 12.9. The second-order valence-electron chi connectivity index (χ2n) is 5.45. The Morgan fingerprint density at radius 3 is 2.41 bits per heavy atom. The quantitative estimate of drug-likeness (QED) is 0.751. The van der Waals surface area contributed by atoms with Crippen molar-refractivity contribution in [2.75, 3.05) is 6.54 Å². The third-order valence-corrected chi connectivity index (χ3v) is 3.60. The Balaban J connectivity index is 2.63. The van der Waals surface area contributed by atoms with Crippen molar-refractivity contribution < 1.29 is 14.0 Å². The molecule has 0 bridgehead atoms. The van der Waals surface area contributed by atoms with Crippen molar-refractivity contribution in [1.29, 1.82) is 0 Å². The van der Waals surface area contributed by atoms with Crippen LogP contribution in [0.15, 0.2) is 24.3 Å². The number of amides is 2. The highest BCUT2D eigenvalue weighted by atomic mass is 19.1. The molecular formula is C17H25FN2O2. The molecule has 5 heteroatoms. The smallest absolute Gasteiger partial charge is 0.242 e. The van der Waals surface area contributed by atoms with Crippen LogP contribution in [0.2, 0.25) is 0 Å². The molecule has 0 unspecified atom stereocenters. The maximum absolute atomic E-state index is 12.9. The first-order valence-electron chi connectivity index (χ1n) is 7.75. The average molecular weight is 308 g/mol. The number of carbonyl (C=O) groups excluding carboxylic acids is 2. The topological polar surface area (TPSA) is 49.4 Å². The summed E-state index contributed by atoms with van der Waals surface area (Å²) in [6.45, 7) is 6.16. The summed E-state index contributed by atoms with van der Waals surface area (Å²) in [5.41, 5.74) is 0.794. The van der Waals surface area contributed by atoms with Crippen molar-refractivity contribution in [3.63, 3.8) is 0 Å². The van der Waals surface area contributed by atoms with Gasteiger partial charge in [-0.25, -0.2) is 4.39 Å². The fourth-order valence-corrected chi connectivity index (χ4v) is 2.18. The predicted octanol–water partition coefficient (Wildman–Crippen LogP) is 2.87. The molecule has 0 heterocycles. The van der Waals surface area contributed by atoms with Gasteiger partial charge in [0.2, 0.25) is 11.8 Å². The van der Waals surface area contributed by atoms with Crippen LogP contribution in [-0.2, 0) is 16.1 Å². The Kier molecular flexibility index (Phi) is 7.57. The molecule has 1 rings (SSSR count). The largest absolute Gasteiger partial charge is 0.354 e. The zero-order valence-corrected chi connectivity index (χ0v) is 13.6. The van der Waals surface area contributed by atoms with Crippen LogP contribution in [-0.4, -0.2) is 29.3 Å². The maximum Gasteiger partial charge on any atom is 0.242 e. The zero-order chi connectivity index (χ0) is 16.5. The average Bonchev–Trinajstić information content (AvgIpc) is 2.49. The summed E-state index contributed by atoms with van der Waals surface area (Å²) in [5.74, 6) is -0.659. The SMILES string of the molecule is CCCCCNC(=O)[C@@H](C)N(Cc1ccc(F)cc1)C(C)=O. The van der Waals surface area contributed by atoms with E-state index in [1.807, 2.05) is 0 Å². The minimum absolute atomic E-state index is 0.159. The molecule has 122 valence electrons. The fourth-order valence-electron chi connectivity index (χ4n) is 2.18. The van der Waals surface area contributed by atoms with E-state index in [4.69, 9.17) is 0 Å². The molecule has 1 atom stereocenters. The number of unbranched alkanes of at least 4 members (excludes halogenated alkanes) is 2. The predicted molar refractivity (Wildman–Crippen MR) is 84.6 cm³/mol. The van der Waals surface area contributed by atoms with Crippen LogP contribution in [0.25, 0.3) is 0 Å². The first kappa shape index (κ1) is 18.1. The van der Waals surface area contributed by atoms with Gasteiger partial charge in [-0.15, -0.1) is 0 Å². The van der Waals surface area contributed by atoms with Crippen LogP contribution < -0.4 is 5.32 Å². The first-order chi connectivity index (χ1) is 10.5. The molecule has 0 radical (unpaired) electrons. The van der Waals surface area contributed by atoms with E-state index in [-0.39, 0.29) is 17.6 Å². The van der Waals surface area contributed by atoms with E-state index in [2.05, 4.69) is 12.2 Å². The van der Waals surface area contributed by atoms with Gasteiger partial charge in [-0.05, 0) is 31.0 Å². The summed E-state index contributed by atoms with van der Waals surface area (Å²) in [6.07, 6.45) is 3.10. The van der Waals surface area contributed by atoms with Crippen LogP contribution in [0.3, 0.4) is 0 Å². The van der Waals surface area contributed by atoms with E-state index in [0.29, 0.717) is 13.1 Å². The number of halogens is 1. The summed E-state index contributed by atoms with van der Waals surface area (Å²) >= 11 is 0. The number of hydrogen-bond acceptors (Lipinski definition) is 2. The van der Waals surface area contributed by atoms with Crippen LogP contribution in [0, 0.1) is 5.82 Å². The molecule has 0 aromatic heterocycles. The normalized spacial score (nSPS) is 11.8. The monoisotopic (exact) mass is 308 g/mol. The summed E-state index contributed by atoms with van der Waals surface area (Å²) in [7, 11) is 0. The van der Waals surface area contributed by atoms with Gasteiger partial charge in [0, 0.05) is 20.0 Å². The molecule has 1 aromatic rings. The van der Waals surface area contributed by atoms with Crippen LogP contribution in [0.5, 0.6) is 0 Å². The molecule has 0 aliphatic heterocycles. The molecule has 2 amide bonds. The highest BCUT2D eigenvalue weighted by molar-refractivity contribution is 5.86. The number of rotatable bonds is 8. The van der Waals surface area contributed by atoms with Gasteiger partial charge in [0.1, 0.15) is 11.9 Å². The van der Waals surface area contributed by atoms with E-state index in [0.717, 1.165) is 24.8 Å². The van der Waals surface area contributed by atoms with E-state index in [9.17, 15) is 14.0 Å². The maximum atomic E-state index is 12.9. The van der Waals surface area contributed by atoms with Gasteiger partial charge in [-0.2, -0.15) is 0 Å². The van der Waals surface area contributed by atoms with Gasteiger partial charge >= 0.3 is 0 Å². The minimum atomic E-state index is -0.552. The Hall–Kier alpha value is -1.91. The Morgan fingerprint density at radius 1 is 1.23 bits per heavy atom. The van der Waals surface area contributed by atoms with Crippen LogP contribution >= 0.6 is 0 Å². The molecule has 1 N–H and O–H groups in total. The van der Waals surface area contributed by atoms with E-state index >= 15 is 0 Å². The zero-order valence-electron chi connectivity index (χ0n) is 13.6. The summed E-state index contributed by atoms with van der Waals surface area (Å²) in [6, 6.07) is 5.39. The number of nitrogens with one attached hydrogen (secondary N) is 1. The van der Waals surface area contributed by atoms with E-state index in [1.54, 1.807) is 19.1 Å². The molecule has 22 heavy (non-hydrogen) atoms. The lowest BCUT2D eigenvalue weighted by molar-refractivity contribution is -0.138. The third-order valence-electron chi connectivity index (χ3n) is 3.60. The lowest BCUT2D eigenvalue weighted by atomic mass is 10.1. The Labute approximate surface area is 131 Å². The van der Waals surface area contributed by atoms with Gasteiger partial charge in [-0.3, -0.25) is 9.59 Å². The lowest BCUT2D eigenvalue weighted by Gasteiger charge is -2.27. The lowest BCUT2D eigenvalue weighted by Crippen LogP contribution is -2.47. The number of carbonyl (C=O) groups is 2. The Morgan fingerprint density at radius 2 is 1.86 bits per heavy atom. The molecular weight excluding hydrogens is 283 g/mol. The number of hydrogen-bond donors (Lipinski definition) is 1. The van der Waals surface area contributed by atoms with E-state index < -0.39 is 6.04 Å². The second-order valence-corrected chi connectivity index (χ2v) is 5.45. The molecule has 0 saturated heterocycles. The van der Waals surface area contributed by atoms with Crippen molar-refractivity contribution >= 4 is 11.8 Å². The van der Waals surface area contributed by atoms with Gasteiger partial charge < -0.3 is 10.2 Å². The van der Waals surface area contributed by atoms with Crippen molar-refractivity contribution in [1.82, 2.24) is 10.2 Å². The highest BCUT2D eigenvalue weighted by Gasteiger charge is 2.23. The summed E-state index contributed by atoms with van der Waals surface area (Å²) in [4.78, 5) is 25.4. The first-order valence-corrected chi connectivity index (χ1v) is 7.75. The van der Waals surface area contributed by atoms with Gasteiger partial charge in [0.25, 0.3) is 0 Å². The molecule has 4 nitrogen and oxygen atoms in total. The van der Waals surface area contributed by atoms with Crippen molar-refractivity contribution in [2.45, 2.75) is 52.6 Å². The Bertz CT molecular complexity index is 488. The van der Waals surface area contributed by atoms with Crippen molar-refractivity contribution in [2.24, 2.45) is 0 Å². The van der Waals surface area contributed by atoms with Crippen LogP contribution in [0.4, 0.5) is 4.39 Å². The van der Waals surface area contributed by atoms with Crippen molar-refractivity contribution in [3.05, 3.63) is 35.6 Å². The molecule has 0 aliphatic rings. The third kappa shape index (κ3) is 5.84. The second kappa shape index (κ2) is 9.18. The molecule has 0 fully saturated rings. The molecule has 0 spiro atoms. The van der Waals surface area contributed by atoms with E-state index in [1.165, 1.54) is 24.0 Å². The minimum Gasteiger partial charge on any atom is -0.354 e. The molecule has 0 aliphatic carbocycles. The molecule has 0 saturated carbocycles. The van der Waals surface area contributed by atoms with Crippen LogP contribution in [0.1, 0.15) is 45.6 Å². The van der Waals surface area contributed by atoms with Crippen molar-refractivity contribution in [3.8, 4) is 0 Å². The summed E-state index contributed by atoms with van der Waals surface area (Å²) in [5, 5.41) is 2.85. The standard InChI is InChI=1S/C17H25FN2O2/c1-4-5-6-11-19-17(22)13(2)20(14(3)21)12-15-7-9-16(18)10-8-15/h7-10,13H,4-6,11-12H2,1-3H3,(H,19,22)/t13-/m1/s1. The van der Waals surface area contributed by atoms with Gasteiger partial charge in [0.15, 0.2) is 0 Å². The highest BCUT2D eigenvalue weighted by Crippen LogP contribution is 2.10. The fraction of sp³-hybridized carbons (Fsp3) is 0.529. The molecule has 1 aromatic carbocycles. The van der Waals surface area contributed by atoms with Gasteiger partial charge in [0.05, 0.1) is 0 Å². The number of nitrogens with zero attached hydrogens (tertiary/aromatic N) is 1.